The molecule has 5 aromatic rings. The lowest BCUT2D eigenvalue weighted by Crippen LogP contribution is -2.48. The molecule has 6 rings (SSSR count). The van der Waals surface area contributed by atoms with Gasteiger partial charge in [-0.15, -0.1) is 0 Å². The van der Waals surface area contributed by atoms with Crippen LogP contribution in [0.4, 0.5) is 0 Å². The molecule has 5 aromatic carbocycles. The summed E-state index contributed by atoms with van der Waals surface area (Å²) in [5.41, 5.74) is 16.4. The lowest BCUT2D eigenvalue weighted by Gasteiger charge is -2.34. The molecule has 2 unspecified atom stereocenters. The number of benzene rings is 5. The third-order valence-electron chi connectivity index (χ3n) is 11.0. The lowest BCUT2D eigenvalue weighted by atomic mass is 9.93. The maximum absolute atomic E-state index is 6.49. The number of ether oxygens (including phenoxy) is 1. The van der Waals surface area contributed by atoms with Crippen LogP contribution >= 0.6 is 0 Å². The monoisotopic (exact) mass is 648 g/mol. The first-order valence-corrected chi connectivity index (χ1v) is 21.0. The average Bonchev–Trinajstić information content (AvgIpc) is 3.44. The molecule has 0 saturated heterocycles. The summed E-state index contributed by atoms with van der Waals surface area (Å²) in [4.78, 5) is 0. The van der Waals surface area contributed by atoms with Gasteiger partial charge in [-0.2, -0.15) is 0 Å². The van der Waals surface area contributed by atoms with Crippen molar-refractivity contribution in [2.24, 2.45) is 0 Å². The van der Waals surface area contributed by atoms with E-state index in [4.69, 9.17) is 4.74 Å². The first-order chi connectivity index (χ1) is 23.1. The number of hydrogen-bond donors (Lipinski definition) is 0. The number of aryl methyl sites for hydroxylation is 2. The summed E-state index contributed by atoms with van der Waals surface area (Å²) in [5.74, 6) is 2.12. The Bertz CT molecular complexity index is 1860. The van der Waals surface area contributed by atoms with Crippen LogP contribution in [-0.4, -0.2) is 14.7 Å². The molecule has 0 heterocycles. The highest BCUT2D eigenvalue weighted by Gasteiger charge is 2.44. The molecule has 0 aromatic heterocycles. The average molecular weight is 649 g/mol. The SMILES string of the molecule is C=CCOc1c(C)cc(C)cc1[Si](C)(C)C1c2cc(-c3cccc(C(C)CC)c3)ccc2-c2ccc(-c3cccc(C(C)CC)c3)cc21. The molecule has 0 bridgehead atoms. The van der Waals surface area contributed by atoms with Crippen molar-refractivity contribution in [2.75, 3.05) is 6.61 Å². The molecule has 0 N–H and O–H groups in total. The summed E-state index contributed by atoms with van der Waals surface area (Å²) in [5, 5.41) is 1.39. The van der Waals surface area contributed by atoms with Gasteiger partial charge in [-0.1, -0.05) is 156 Å². The summed E-state index contributed by atoms with van der Waals surface area (Å²) in [7, 11) is -2.28. The highest BCUT2D eigenvalue weighted by molar-refractivity contribution is 6.92. The summed E-state index contributed by atoms with van der Waals surface area (Å²) in [6.45, 7) is 23.2. The Morgan fingerprint density at radius 1 is 0.688 bits per heavy atom. The summed E-state index contributed by atoms with van der Waals surface area (Å²) >= 11 is 0. The number of fused-ring (bicyclic) bond motifs is 3. The Morgan fingerprint density at radius 2 is 1.19 bits per heavy atom. The van der Waals surface area contributed by atoms with E-state index in [0.717, 1.165) is 18.6 Å². The minimum atomic E-state index is -2.28. The molecule has 2 atom stereocenters. The van der Waals surface area contributed by atoms with Gasteiger partial charge in [0.15, 0.2) is 0 Å². The van der Waals surface area contributed by atoms with Gasteiger partial charge in [0.05, 0.1) is 8.07 Å². The molecule has 0 fully saturated rings. The molecule has 1 nitrogen and oxygen atoms in total. The molecule has 2 heteroatoms. The Balaban J connectivity index is 1.56. The van der Waals surface area contributed by atoms with Crippen LogP contribution in [0.1, 0.15) is 91.3 Å². The van der Waals surface area contributed by atoms with E-state index in [1.165, 1.54) is 71.9 Å². The third kappa shape index (κ3) is 6.24. The molecule has 0 radical (unpaired) electrons. The zero-order valence-electron chi connectivity index (χ0n) is 30.3. The van der Waals surface area contributed by atoms with E-state index in [-0.39, 0.29) is 5.54 Å². The topological polar surface area (TPSA) is 9.23 Å². The third-order valence-corrected chi connectivity index (χ3v) is 14.8. The fourth-order valence-electron chi connectivity index (χ4n) is 7.84. The molecule has 0 aliphatic heterocycles. The van der Waals surface area contributed by atoms with Crippen molar-refractivity contribution < 1.29 is 4.74 Å². The predicted octanol–water partition coefficient (Wildman–Crippen LogP) is 12.5. The van der Waals surface area contributed by atoms with E-state index in [1.807, 2.05) is 6.08 Å². The second-order valence-electron chi connectivity index (χ2n) is 14.7. The van der Waals surface area contributed by atoms with Crippen LogP contribution in [0.5, 0.6) is 5.75 Å². The summed E-state index contributed by atoms with van der Waals surface area (Å²) in [6, 6.07) is 37.6. The van der Waals surface area contributed by atoms with Crippen LogP contribution in [0.3, 0.4) is 0 Å². The highest BCUT2D eigenvalue weighted by atomic mass is 28.3. The smallest absolute Gasteiger partial charge is 0.121 e. The lowest BCUT2D eigenvalue weighted by molar-refractivity contribution is 0.363. The second kappa shape index (κ2) is 13.8. The molecule has 1 aliphatic rings. The number of hydrogen-bond acceptors (Lipinski definition) is 1. The quantitative estimate of drug-likeness (QED) is 0.102. The van der Waals surface area contributed by atoms with Crippen LogP contribution in [-0.2, 0) is 0 Å². The fourth-order valence-corrected chi connectivity index (χ4v) is 11.6. The van der Waals surface area contributed by atoms with Gasteiger partial charge in [0.25, 0.3) is 0 Å². The normalized spacial score (nSPS) is 15.0. The standard InChI is InChI=1S/C46H52OSi/c1-10-23-47-45-33(7)24-30(4)25-44(45)48(8,9)46-42-28-38(36-17-13-15-34(26-36)31(5)11-2)19-21-40(42)41-22-20-39(29-43(41)46)37-18-14-16-35(27-37)32(6)12-3/h10,13-22,24-29,31-32,46H,1,11-12,23H2,2-9H3. The van der Waals surface area contributed by atoms with Crippen molar-refractivity contribution in [1.82, 2.24) is 0 Å². The van der Waals surface area contributed by atoms with E-state index in [9.17, 15) is 0 Å². The molecule has 1 aliphatic carbocycles. The van der Waals surface area contributed by atoms with Crippen LogP contribution in [0.2, 0.25) is 13.1 Å². The first kappa shape index (κ1) is 33.7. The maximum Gasteiger partial charge on any atom is 0.121 e. The predicted molar refractivity (Wildman–Crippen MR) is 211 cm³/mol. The van der Waals surface area contributed by atoms with Gasteiger partial charge in [-0.05, 0) is 105 Å². The number of rotatable bonds is 11. The van der Waals surface area contributed by atoms with Gasteiger partial charge in [0.2, 0.25) is 0 Å². The molecule has 48 heavy (non-hydrogen) atoms. The van der Waals surface area contributed by atoms with Gasteiger partial charge in [0.1, 0.15) is 12.4 Å². The molecule has 0 amide bonds. The van der Waals surface area contributed by atoms with Gasteiger partial charge >= 0.3 is 0 Å². The van der Waals surface area contributed by atoms with Crippen molar-refractivity contribution in [2.45, 2.75) is 84.9 Å². The van der Waals surface area contributed by atoms with Crippen molar-refractivity contribution in [3.8, 4) is 39.1 Å². The van der Waals surface area contributed by atoms with Crippen LogP contribution < -0.4 is 9.92 Å². The minimum absolute atomic E-state index is 0.269. The van der Waals surface area contributed by atoms with E-state index in [1.54, 1.807) is 0 Å². The Hall–Kier alpha value is -4.14. The summed E-state index contributed by atoms with van der Waals surface area (Å²) in [6.07, 6.45) is 4.14. The van der Waals surface area contributed by atoms with Crippen LogP contribution in [0.15, 0.2) is 110 Å². The van der Waals surface area contributed by atoms with Gasteiger partial charge in [-0.3, -0.25) is 0 Å². The fraction of sp³-hybridized carbons (Fsp3) is 0.304. The van der Waals surface area contributed by atoms with E-state index >= 15 is 0 Å². The molecule has 0 saturated carbocycles. The van der Waals surface area contributed by atoms with Gasteiger partial charge < -0.3 is 4.74 Å². The van der Waals surface area contributed by atoms with Crippen molar-refractivity contribution >= 4 is 13.3 Å². The van der Waals surface area contributed by atoms with E-state index < -0.39 is 8.07 Å². The second-order valence-corrected chi connectivity index (χ2v) is 19.2. The Morgan fingerprint density at radius 3 is 1.67 bits per heavy atom. The van der Waals surface area contributed by atoms with Crippen molar-refractivity contribution in [3.63, 3.8) is 0 Å². The summed E-state index contributed by atoms with van der Waals surface area (Å²) < 4.78 is 6.49. The molecular weight excluding hydrogens is 597 g/mol. The van der Waals surface area contributed by atoms with Crippen molar-refractivity contribution in [3.05, 3.63) is 143 Å². The Labute approximate surface area is 290 Å². The Kier molecular flexibility index (Phi) is 9.68. The zero-order valence-corrected chi connectivity index (χ0v) is 31.3. The zero-order chi connectivity index (χ0) is 34.2. The van der Waals surface area contributed by atoms with Gasteiger partial charge in [-0.25, -0.2) is 0 Å². The van der Waals surface area contributed by atoms with Crippen LogP contribution in [0.25, 0.3) is 33.4 Å². The van der Waals surface area contributed by atoms with E-state index in [0.29, 0.717) is 18.4 Å². The van der Waals surface area contributed by atoms with Gasteiger partial charge in [0, 0.05) is 5.54 Å². The molecular formula is C46H52OSi. The molecule has 0 spiro atoms. The highest BCUT2D eigenvalue weighted by Crippen LogP contribution is 2.51. The maximum atomic E-state index is 6.49. The first-order valence-electron chi connectivity index (χ1n) is 17.9. The molecule has 246 valence electrons. The largest absolute Gasteiger partial charge is 0.489 e. The minimum Gasteiger partial charge on any atom is -0.489 e. The van der Waals surface area contributed by atoms with E-state index in [2.05, 4.69) is 158 Å². The van der Waals surface area contributed by atoms with Crippen LogP contribution in [0, 0.1) is 13.8 Å². The van der Waals surface area contributed by atoms with Crippen molar-refractivity contribution in [1.29, 1.82) is 0 Å².